The molecule has 0 aromatic heterocycles. The molecule has 0 atom stereocenters. The zero-order valence-corrected chi connectivity index (χ0v) is 19.2. The molecule has 0 aliphatic carbocycles. The summed E-state index contributed by atoms with van der Waals surface area (Å²) in [5, 5.41) is 16.5. The number of aryl methyl sites for hydroxylation is 1. The molecule has 0 spiro atoms. The number of nitrogens with one attached hydrogen (secondary N) is 2. The van der Waals surface area contributed by atoms with Crippen molar-refractivity contribution in [3.05, 3.63) is 86.7 Å². The highest BCUT2D eigenvalue weighted by atomic mass is 79.9. The third kappa shape index (κ3) is 4.52. The van der Waals surface area contributed by atoms with Gasteiger partial charge in [-0.3, -0.25) is 9.59 Å². The molecule has 0 fully saturated rings. The Morgan fingerprint density at radius 3 is 2.48 bits per heavy atom. The first kappa shape index (κ1) is 21.2. The predicted molar refractivity (Wildman–Crippen MR) is 128 cm³/mol. The number of thioether (sulfide) groups is 1. The van der Waals surface area contributed by atoms with Gasteiger partial charge in [0.25, 0.3) is 0 Å². The van der Waals surface area contributed by atoms with Gasteiger partial charge in [-0.1, -0.05) is 57.5 Å². The second-order valence-electron chi connectivity index (χ2n) is 7.18. The number of phenolic OH excluding ortho intramolecular Hbond substituents is 1. The second kappa shape index (κ2) is 8.61. The van der Waals surface area contributed by atoms with Crippen molar-refractivity contribution in [3.63, 3.8) is 0 Å². The number of anilines is 2. The number of aromatic hydroxyl groups is 1. The number of halogens is 1. The Kier molecular flexibility index (Phi) is 5.89. The minimum absolute atomic E-state index is 0.124. The first-order valence-corrected chi connectivity index (χ1v) is 11.1. The average Bonchev–Trinajstić information content (AvgIpc) is 2.74. The normalized spacial score (nSPS) is 12.7. The summed E-state index contributed by atoms with van der Waals surface area (Å²) in [5.74, 6) is -0.727. The number of ketones is 1. The molecular formula is C24H19BrN2O3S. The van der Waals surface area contributed by atoms with Crippen LogP contribution in [-0.2, 0) is 4.79 Å². The number of allylic oxidation sites excluding steroid dienone is 1. The SMILES string of the molecule is CC(=O)Nc1ccc(O)c(C(=O)C2=C(c3ccc(C)cc3)Nc3ccc(Br)cc3S2)c1. The number of phenols is 1. The monoisotopic (exact) mass is 494 g/mol. The Balaban J connectivity index is 1.84. The van der Waals surface area contributed by atoms with Gasteiger partial charge in [-0.05, 0) is 48.9 Å². The summed E-state index contributed by atoms with van der Waals surface area (Å²) in [4.78, 5) is 26.4. The van der Waals surface area contributed by atoms with Crippen LogP contribution in [0.15, 0.2) is 74.9 Å². The van der Waals surface area contributed by atoms with Crippen molar-refractivity contribution in [1.29, 1.82) is 0 Å². The smallest absolute Gasteiger partial charge is 0.221 e. The maximum Gasteiger partial charge on any atom is 0.221 e. The van der Waals surface area contributed by atoms with Crippen molar-refractivity contribution < 1.29 is 14.7 Å². The van der Waals surface area contributed by atoms with E-state index in [1.165, 1.54) is 30.8 Å². The van der Waals surface area contributed by atoms with Gasteiger partial charge in [0.1, 0.15) is 5.75 Å². The van der Waals surface area contributed by atoms with E-state index in [1.807, 2.05) is 49.4 Å². The zero-order chi connectivity index (χ0) is 22.1. The van der Waals surface area contributed by atoms with Gasteiger partial charge in [-0.25, -0.2) is 0 Å². The Bertz CT molecular complexity index is 1240. The number of carbonyl (C=O) groups excluding carboxylic acids is 2. The Morgan fingerprint density at radius 1 is 1.03 bits per heavy atom. The third-order valence-corrected chi connectivity index (χ3v) is 6.40. The number of amides is 1. The molecule has 1 aliphatic rings. The van der Waals surface area contributed by atoms with E-state index >= 15 is 0 Å². The van der Waals surface area contributed by atoms with Crippen LogP contribution >= 0.6 is 27.7 Å². The number of hydrogen-bond donors (Lipinski definition) is 3. The van der Waals surface area contributed by atoms with Crippen molar-refractivity contribution >= 4 is 56.5 Å². The van der Waals surface area contributed by atoms with Crippen molar-refractivity contribution in [3.8, 4) is 5.75 Å². The van der Waals surface area contributed by atoms with Crippen LogP contribution in [0.3, 0.4) is 0 Å². The standard InChI is InChI=1S/C24H19BrN2O3S/c1-13-3-5-15(6-4-13)22-24(31-21-11-16(25)7-9-19(21)27-22)23(30)18-12-17(26-14(2)28)8-10-20(18)29/h3-12,27,29H,1-2H3,(H,26,28). The van der Waals surface area contributed by atoms with Crippen LogP contribution in [0.25, 0.3) is 5.70 Å². The number of benzene rings is 3. The van der Waals surface area contributed by atoms with E-state index in [-0.39, 0.29) is 23.0 Å². The van der Waals surface area contributed by atoms with E-state index < -0.39 is 0 Å². The molecule has 1 heterocycles. The average molecular weight is 495 g/mol. The van der Waals surface area contributed by atoms with Gasteiger partial charge in [-0.2, -0.15) is 0 Å². The largest absolute Gasteiger partial charge is 0.507 e. The molecule has 4 rings (SSSR count). The molecule has 0 saturated carbocycles. The molecular weight excluding hydrogens is 476 g/mol. The van der Waals surface area contributed by atoms with Crippen molar-refractivity contribution in [2.75, 3.05) is 10.6 Å². The Labute approximate surface area is 192 Å². The quantitative estimate of drug-likeness (QED) is 0.297. The lowest BCUT2D eigenvalue weighted by Gasteiger charge is -2.24. The lowest BCUT2D eigenvalue weighted by atomic mass is 10.0. The number of fused-ring (bicyclic) bond motifs is 1. The van der Waals surface area contributed by atoms with Crippen LogP contribution < -0.4 is 10.6 Å². The van der Waals surface area contributed by atoms with Crippen LogP contribution in [0.4, 0.5) is 11.4 Å². The van der Waals surface area contributed by atoms with Crippen molar-refractivity contribution in [2.24, 2.45) is 0 Å². The molecule has 3 aromatic rings. The highest BCUT2D eigenvalue weighted by Gasteiger charge is 2.27. The molecule has 0 radical (unpaired) electrons. The third-order valence-electron chi connectivity index (χ3n) is 4.75. The summed E-state index contributed by atoms with van der Waals surface area (Å²) in [7, 11) is 0. The van der Waals surface area contributed by atoms with E-state index in [4.69, 9.17) is 0 Å². The summed E-state index contributed by atoms with van der Waals surface area (Å²) in [6.45, 7) is 3.40. The molecule has 3 aromatic carbocycles. The number of carbonyl (C=O) groups is 2. The lowest BCUT2D eigenvalue weighted by molar-refractivity contribution is -0.114. The Morgan fingerprint density at radius 2 is 1.77 bits per heavy atom. The summed E-state index contributed by atoms with van der Waals surface area (Å²) < 4.78 is 0.904. The fourth-order valence-corrected chi connectivity index (χ4v) is 4.86. The molecule has 0 saturated heterocycles. The molecule has 1 amide bonds. The molecule has 7 heteroatoms. The van der Waals surface area contributed by atoms with Crippen molar-refractivity contribution in [1.82, 2.24) is 0 Å². The second-order valence-corrected chi connectivity index (χ2v) is 9.15. The van der Waals surface area contributed by atoms with Crippen LogP contribution in [0.5, 0.6) is 5.75 Å². The van der Waals surface area contributed by atoms with Crippen LogP contribution in [-0.4, -0.2) is 16.8 Å². The van der Waals surface area contributed by atoms with E-state index in [0.717, 1.165) is 26.2 Å². The van der Waals surface area contributed by atoms with E-state index in [9.17, 15) is 14.7 Å². The molecule has 3 N–H and O–H groups in total. The lowest BCUT2D eigenvalue weighted by Crippen LogP contribution is -2.14. The molecule has 0 bridgehead atoms. The topological polar surface area (TPSA) is 78.4 Å². The first-order chi connectivity index (χ1) is 14.8. The first-order valence-electron chi connectivity index (χ1n) is 9.53. The zero-order valence-electron chi connectivity index (χ0n) is 16.8. The highest BCUT2D eigenvalue weighted by molar-refractivity contribution is 9.10. The minimum Gasteiger partial charge on any atom is -0.507 e. The van der Waals surface area contributed by atoms with Crippen molar-refractivity contribution in [2.45, 2.75) is 18.7 Å². The molecule has 156 valence electrons. The fraction of sp³-hybridized carbons (Fsp3) is 0.0833. The summed E-state index contributed by atoms with van der Waals surface area (Å²) in [6.07, 6.45) is 0. The summed E-state index contributed by atoms with van der Waals surface area (Å²) in [6, 6.07) is 18.2. The van der Waals surface area contributed by atoms with Gasteiger partial charge in [0.15, 0.2) is 0 Å². The maximum absolute atomic E-state index is 13.6. The van der Waals surface area contributed by atoms with Crippen LogP contribution in [0, 0.1) is 6.92 Å². The van der Waals surface area contributed by atoms with E-state index in [1.54, 1.807) is 6.07 Å². The summed E-state index contributed by atoms with van der Waals surface area (Å²) >= 11 is 4.83. The van der Waals surface area contributed by atoms with Gasteiger partial charge in [-0.15, -0.1) is 0 Å². The Hall–Kier alpha value is -3.03. The van der Waals surface area contributed by atoms with Gasteiger partial charge in [0.2, 0.25) is 11.7 Å². The van der Waals surface area contributed by atoms with Crippen LogP contribution in [0.2, 0.25) is 0 Å². The van der Waals surface area contributed by atoms with Gasteiger partial charge < -0.3 is 15.7 Å². The van der Waals surface area contributed by atoms with E-state index in [0.29, 0.717) is 16.3 Å². The summed E-state index contributed by atoms with van der Waals surface area (Å²) in [5.41, 5.74) is 4.13. The van der Waals surface area contributed by atoms with E-state index in [2.05, 4.69) is 26.6 Å². The van der Waals surface area contributed by atoms with Gasteiger partial charge in [0.05, 0.1) is 21.9 Å². The highest BCUT2D eigenvalue weighted by Crippen LogP contribution is 2.45. The predicted octanol–water partition coefficient (Wildman–Crippen LogP) is 6.19. The van der Waals surface area contributed by atoms with Gasteiger partial charge >= 0.3 is 0 Å². The molecule has 5 nitrogen and oxygen atoms in total. The number of rotatable bonds is 4. The molecule has 31 heavy (non-hydrogen) atoms. The molecule has 1 aliphatic heterocycles. The minimum atomic E-state index is -0.330. The number of hydrogen-bond acceptors (Lipinski definition) is 5. The van der Waals surface area contributed by atoms with Crippen LogP contribution in [0.1, 0.15) is 28.4 Å². The molecule has 0 unspecified atom stereocenters. The maximum atomic E-state index is 13.6. The number of Topliss-reactive ketones (excluding diaryl/α,β-unsaturated/α-hetero) is 1. The fourth-order valence-electron chi connectivity index (χ4n) is 3.24. The van der Waals surface area contributed by atoms with Gasteiger partial charge in [0, 0.05) is 22.0 Å².